The number of phenols is 1. The van der Waals surface area contributed by atoms with Crippen LogP contribution < -0.4 is 0 Å². The van der Waals surface area contributed by atoms with E-state index in [1.54, 1.807) is 18.3 Å². The van der Waals surface area contributed by atoms with E-state index in [0.717, 1.165) is 22.4 Å². The summed E-state index contributed by atoms with van der Waals surface area (Å²) >= 11 is 0. The smallest absolute Gasteiger partial charge is 0.310 e. The second-order valence-corrected chi connectivity index (χ2v) is 4.31. The fourth-order valence-corrected chi connectivity index (χ4v) is 1.89. The van der Waals surface area contributed by atoms with Crippen LogP contribution in [-0.4, -0.2) is 23.2 Å². The first kappa shape index (κ1) is 13.1. The Hall–Kier alpha value is -2.36. The van der Waals surface area contributed by atoms with Gasteiger partial charge in [-0.05, 0) is 42.3 Å². The summed E-state index contributed by atoms with van der Waals surface area (Å²) in [6.45, 7) is 1.94. The van der Waals surface area contributed by atoms with Crippen molar-refractivity contribution in [3.05, 3.63) is 47.7 Å². The standard InChI is InChI=1S/C15H15NO3/c1-10-7-11(8-14(18)19-2)9-16-15(10)12-3-5-13(17)6-4-12/h3-7,9,17H,8H2,1-2H3. The number of aromatic hydroxyl groups is 1. The molecule has 0 spiro atoms. The fraction of sp³-hybridized carbons (Fsp3) is 0.200. The summed E-state index contributed by atoms with van der Waals surface area (Å²) in [6.07, 6.45) is 1.90. The van der Waals surface area contributed by atoms with Crippen LogP contribution in [0.25, 0.3) is 11.3 Å². The molecule has 1 aromatic heterocycles. The second kappa shape index (κ2) is 5.52. The molecule has 0 saturated carbocycles. The number of carbonyl (C=O) groups is 1. The van der Waals surface area contributed by atoms with Crippen LogP contribution in [0.15, 0.2) is 36.5 Å². The third-order valence-electron chi connectivity index (χ3n) is 2.85. The van der Waals surface area contributed by atoms with Crippen molar-refractivity contribution in [3.8, 4) is 17.0 Å². The summed E-state index contributed by atoms with van der Waals surface area (Å²) in [6, 6.07) is 8.79. The molecule has 4 nitrogen and oxygen atoms in total. The van der Waals surface area contributed by atoms with Gasteiger partial charge in [0.25, 0.3) is 0 Å². The van der Waals surface area contributed by atoms with E-state index < -0.39 is 0 Å². The van der Waals surface area contributed by atoms with Crippen LogP contribution in [0.5, 0.6) is 5.75 Å². The van der Waals surface area contributed by atoms with E-state index in [0.29, 0.717) is 0 Å². The van der Waals surface area contributed by atoms with Crippen molar-refractivity contribution < 1.29 is 14.6 Å². The summed E-state index contributed by atoms with van der Waals surface area (Å²) in [5.74, 6) is -0.0534. The number of hydrogen-bond donors (Lipinski definition) is 1. The lowest BCUT2D eigenvalue weighted by Gasteiger charge is -2.07. The average Bonchev–Trinajstić information content (AvgIpc) is 2.40. The van der Waals surface area contributed by atoms with Crippen LogP contribution >= 0.6 is 0 Å². The van der Waals surface area contributed by atoms with E-state index in [9.17, 15) is 9.90 Å². The van der Waals surface area contributed by atoms with Gasteiger partial charge in [0, 0.05) is 11.8 Å². The number of ether oxygens (including phenoxy) is 1. The van der Waals surface area contributed by atoms with Crippen LogP contribution in [0.3, 0.4) is 0 Å². The van der Waals surface area contributed by atoms with Crippen molar-refractivity contribution >= 4 is 5.97 Å². The summed E-state index contributed by atoms with van der Waals surface area (Å²) in [5.41, 5.74) is 3.58. The number of esters is 1. The molecule has 0 aliphatic carbocycles. The molecule has 0 aliphatic rings. The van der Waals surface area contributed by atoms with Crippen molar-refractivity contribution in [2.24, 2.45) is 0 Å². The minimum absolute atomic E-state index is 0.222. The van der Waals surface area contributed by atoms with E-state index in [-0.39, 0.29) is 18.1 Å². The highest BCUT2D eigenvalue weighted by Gasteiger charge is 2.08. The largest absolute Gasteiger partial charge is 0.508 e. The topological polar surface area (TPSA) is 59.4 Å². The van der Waals surface area contributed by atoms with Crippen LogP contribution in [0.4, 0.5) is 0 Å². The first-order valence-corrected chi connectivity index (χ1v) is 5.92. The number of benzene rings is 1. The zero-order valence-corrected chi connectivity index (χ0v) is 10.9. The first-order valence-electron chi connectivity index (χ1n) is 5.92. The molecule has 1 aromatic carbocycles. The van der Waals surface area contributed by atoms with Crippen molar-refractivity contribution in [3.63, 3.8) is 0 Å². The van der Waals surface area contributed by atoms with Crippen LogP contribution in [0.2, 0.25) is 0 Å². The molecular formula is C15H15NO3. The van der Waals surface area contributed by atoms with Gasteiger partial charge in [0.15, 0.2) is 0 Å². The molecule has 0 radical (unpaired) electrons. The number of pyridine rings is 1. The number of carbonyl (C=O) groups excluding carboxylic acids is 1. The number of aryl methyl sites for hydroxylation is 1. The molecule has 1 heterocycles. The third-order valence-corrected chi connectivity index (χ3v) is 2.85. The van der Waals surface area contributed by atoms with Gasteiger partial charge in [0.1, 0.15) is 5.75 Å². The maximum Gasteiger partial charge on any atom is 0.310 e. The number of hydrogen-bond acceptors (Lipinski definition) is 4. The third kappa shape index (κ3) is 3.10. The first-order chi connectivity index (χ1) is 9.10. The number of rotatable bonds is 3. The molecule has 0 amide bonds. The molecule has 2 rings (SSSR count). The predicted octanol–water partition coefficient (Wildman–Crippen LogP) is 2.48. The van der Waals surface area contributed by atoms with Crippen LogP contribution in [0.1, 0.15) is 11.1 Å². The highest BCUT2D eigenvalue weighted by Crippen LogP contribution is 2.23. The Morgan fingerprint density at radius 3 is 2.58 bits per heavy atom. The fourth-order valence-electron chi connectivity index (χ4n) is 1.89. The van der Waals surface area contributed by atoms with Gasteiger partial charge < -0.3 is 9.84 Å². The Bertz CT molecular complexity index is 591. The molecule has 0 aliphatic heterocycles. The normalized spacial score (nSPS) is 10.2. The Morgan fingerprint density at radius 1 is 1.32 bits per heavy atom. The monoisotopic (exact) mass is 257 g/mol. The number of phenolic OH excluding ortho intramolecular Hbond substituents is 1. The zero-order valence-electron chi connectivity index (χ0n) is 10.9. The summed E-state index contributed by atoms with van der Waals surface area (Å²) < 4.78 is 4.63. The number of aromatic nitrogens is 1. The highest BCUT2D eigenvalue weighted by atomic mass is 16.5. The molecule has 0 bridgehead atoms. The van der Waals surface area contributed by atoms with Gasteiger partial charge in [-0.15, -0.1) is 0 Å². The van der Waals surface area contributed by atoms with Gasteiger partial charge in [0.2, 0.25) is 0 Å². The SMILES string of the molecule is COC(=O)Cc1cnc(-c2ccc(O)cc2)c(C)c1. The van der Waals surface area contributed by atoms with Crippen molar-refractivity contribution in [2.45, 2.75) is 13.3 Å². The molecule has 0 atom stereocenters. The van der Waals surface area contributed by atoms with E-state index in [1.165, 1.54) is 7.11 Å². The Labute approximate surface area is 111 Å². The maximum absolute atomic E-state index is 11.2. The van der Waals surface area contributed by atoms with Gasteiger partial charge in [-0.25, -0.2) is 0 Å². The van der Waals surface area contributed by atoms with Gasteiger partial charge in [0.05, 0.1) is 19.2 Å². The van der Waals surface area contributed by atoms with Gasteiger partial charge >= 0.3 is 5.97 Å². The molecule has 4 heteroatoms. The lowest BCUT2D eigenvalue weighted by atomic mass is 10.0. The van der Waals surface area contributed by atoms with E-state index >= 15 is 0 Å². The van der Waals surface area contributed by atoms with Gasteiger partial charge in [-0.1, -0.05) is 6.07 Å². The van der Waals surface area contributed by atoms with Crippen LogP contribution in [-0.2, 0) is 16.0 Å². The number of nitrogens with zero attached hydrogens (tertiary/aromatic N) is 1. The Balaban J connectivity index is 2.29. The van der Waals surface area contributed by atoms with Crippen molar-refractivity contribution in [2.75, 3.05) is 7.11 Å². The molecule has 98 valence electrons. The van der Waals surface area contributed by atoms with Gasteiger partial charge in [-0.2, -0.15) is 0 Å². The van der Waals surface area contributed by atoms with E-state index in [2.05, 4.69) is 9.72 Å². The average molecular weight is 257 g/mol. The predicted molar refractivity (Wildman–Crippen MR) is 71.8 cm³/mol. The maximum atomic E-state index is 11.2. The molecule has 0 unspecified atom stereocenters. The molecule has 2 aromatic rings. The van der Waals surface area contributed by atoms with E-state index in [4.69, 9.17) is 0 Å². The minimum atomic E-state index is -0.279. The van der Waals surface area contributed by atoms with Gasteiger partial charge in [-0.3, -0.25) is 9.78 Å². The molecule has 19 heavy (non-hydrogen) atoms. The summed E-state index contributed by atoms with van der Waals surface area (Å²) in [4.78, 5) is 15.6. The van der Waals surface area contributed by atoms with Crippen molar-refractivity contribution in [1.82, 2.24) is 4.98 Å². The Morgan fingerprint density at radius 2 is 2.00 bits per heavy atom. The zero-order chi connectivity index (χ0) is 13.8. The lowest BCUT2D eigenvalue weighted by Crippen LogP contribution is -2.05. The Kier molecular flexibility index (Phi) is 3.80. The minimum Gasteiger partial charge on any atom is -0.508 e. The summed E-state index contributed by atoms with van der Waals surface area (Å²) in [7, 11) is 1.37. The van der Waals surface area contributed by atoms with Crippen molar-refractivity contribution in [1.29, 1.82) is 0 Å². The molecular weight excluding hydrogens is 242 g/mol. The molecule has 0 saturated heterocycles. The summed E-state index contributed by atoms with van der Waals surface area (Å²) in [5, 5.41) is 9.27. The quantitative estimate of drug-likeness (QED) is 0.858. The van der Waals surface area contributed by atoms with Crippen LogP contribution in [0, 0.1) is 6.92 Å². The second-order valence-electron chi connectivity index (χ2n) is 4.31. The van der Waals surface area contributed by atoms with E-state index in [1.807, 2.05) is 25.1 Å². The molecule has 1 N–H and O–H groups in total. The molecule has 0 fully saturated rings. The lowest BCUT2D eigenvalue weighted by molar-refractivity contribution is -0.139. The highest BCUT2D eigenvalue weighted by molar-refractivity contribution is 5.73. The number of methoxy groups -OCH3 is 1.